The molecule has 1 aromatic carbocycles. The zero-order valence-electron chi connectivity index (χ0n) is 12.3. The van der Waals surface area contributed by atoms with Crippen molar-refractivity contribution in [3.8, 4) is 5.75 Å². The van der Waals surface area contributed by atoms with E-state index in [2.05, 4.69) is 27.3 Å². The molecular weight excluding hydrogens is 341 g/mol. The Morgan fingerprint density at radius 2 is 2.27 bits per heavy atom. The molecule has 0 spiro atoms. The van der Waals surface area contributed by atoms with Crippen molar-refractivity contribution in [2.45, 2.75) is 12.6 Å². The largest absolute Gasteiger partial charge is 0.496 e. The summed E-state index contributed by atoms with van der Waals surface area (Å²) in [5, 5.41) is 4.52. The van der Waals surface area contributed by atoms with Gasteiger partial charge >= 0.3 is 0 Å². The number of rotatable bonds is 4. The van der Waals surface area contributed by atoms with Gasteiger partial charge in [0.1, 0.15) is 15.1 Å². The van der Waals surface area contributed by atoms with Gasteiger partial charge in [-0.05, 0) is 6.07 Å². The molecule has 1 saturated heterocycles. The summed E-state index contributed by atoms with van der Waals surface area (Å²) >= 11 is 7.53. The Morgan fingerprint density at radius 1 is 1.45 bits per heavy atom. The van der Waals surface area contributed by atoms with Gasteiger partial charge in [-0.2, -0.15) is 0 Å². The molecule has 0 radical (unpaired) electrons. The lowest BCUT2D eigenvalue weighted by atomic mass is 10.0. The molecule has 1 N–H and O–H groups in total. The van der Waals surface area contributed by atoms with Gasteiger partial charge < -0.3 is 10.1 Å². The second kappa shape index (κ2) is 8.13. The minimum Gasteiger partial charge on any atom is -0.496 e. The van der Waals surface area contributed by atoms with Gasteiger partial charge in [-0.1, -0.05) is 29.8 Å². The van der Waals surface area contributed by atoms with Crippen molar-refractivity contribution in [1.82, 2.24) is 15.2 Å². The molecule has 0 aliphatic carbocycles. The number of ether oxygens (including phenoxy) is 1. The van der Waals surface area contributed by atoms with Gasteiger partial charge in [-0.3, -0.25) is 4.90 Å². The van der Waals surface area contributed by atoms with Gasteiger partial charge in [-0.15, -0.1) is 23.7 Å². The molecule has 1 unspecified atom stereocenters. The normalized spacial score (nSPS) is 18.7. The van der Waals surface area contributed by atoms with Crippen molar-refractivity contribution in [3.63, 3.8) is 0 Å². The maximum absolute atomic E-state index is 5.98. The first-order valence-corrected chi connectivity index (χ1v) is 8.15. The predicted octanol–water partition coefficient (Wildman–Crippen LogP) is 3.37. The lowest BCUT2D eigenvalue weighted by molar-refractivity contribution is 0.151. The topological polar surface area (TPSA) is 37.4 Å². The van der Waals surface area contributed by atoms with Crippen LogP contribution in [0.5, 0.6) is 5.75 Å². The fraction of sp³-hybridized carbons (Fsp3) is 0.400. The molecule has 0 bridgehead atoms. The molecule has 1 fully saturated rings. The van der Waals surface area contributed by atoms with E-state index in [9.17, 15) is 0 Å². The fourth-order valence-electron chi connectivity index (χ4n) is 2.72. The molecule has 22 heavy (non-hydrogen) atoms. The molecule has 0 amide bonds. The molecule has 1 aromatic heterocycles. The number of para-hydroxylation sites is 1. The van der Waals surface area contributed by atoms with Gasteiger partial charge in [0.2, 0.25) is 0 Å². The van der Waals surface area contributed by atoms with E-state index in [1.807, 2.05) is 12.1 Å². The van der Waals surface area contributed by atoms with Crippen molar-refractivity contribution >= 4 is 35.3 Å². The highest BCUT2D eigenvalue weighted by Gasteiger charge is 2.26. The van der Waals surface area contributed by atoms with Gasteiger partial charge in [0.05, 0.1) is 25.9 Å². The van der Waals surface area contributed by atoms with E-state index < -0.39 is 0 Å². The highest BCUT2D eigenvalue weighted by Crippen LogP contribution is 2.31. The molecule has 0 saturated carbocycles. The first-order valence-electron chi connectivity index (χ1n) is 6.96. The molecular formula is C15H19Cl2N3OS. The minimum atomic E-state index is 0. The van der Waals surface area contributed by atoms with Crippen LogP contribution in [0.15, 0.2) is 30.5 Å². The van der Waals surface area contributed by atoms with E-state index in [-0.39, 0.29) is 18.4 Å². The van der Waals surface area contributed by atoms with Crippen LogP contribution in [0.2, 0.25) is 4.34 Å². The van der Waals surface area contributed by atoms with Crippen LogP contribution in [-0.4, -0.2) is 36.6 Å². The van der Waals surface area contributed by atoms with Crippen molar-refractivity contribution in [2.24, 2.45) is 0 Å². The fourth-order valence-corrected chi connectivity index (χ4v) is 3.70. The molecule has 4 nitrogen and oxygen atoms in total. The quantitative estimate of drug-likeness (QED) is 0.907. The third kappa shape index (κ3) is 3.91. The first kappa shape index (κ1) is 17.5. The Morgan fingerprint density at radius 3 is 3.00 bits per heavy atom. The van der Waals surface area contributed by atoms with Crippen LogP contribution < -0.4 is 10.1 Å². The maximum atomic E-state index is 5.98. The Hall–Kier alpha value is -0.850. The third-order valence-corrected chi connectivity index (χ3v) is 4.82. The summed E-state index contributed by atoms with van der Waals surface area (Å²) in [6, 6.07) is 8.51. The Bertz CT molecular complexity index is 608. The lowest BCUT2D eigenvalue weighted by Gasteiger charge is -2.36. The van der Waals surface area contributed by atoms with E-state index in [1.165, 1.54) is 5.56 Å². The van der Waals surface area contributed by atoms with Crippen LogP contribution in [0.1, 0.15) is 16.6 Å². The highest BCUT2D eigenvalue weighted by atomic mass is 35.5. The lowest BCUT2D eigenvalue weighted by Crippen LogP contribution is -2.45. The van der Waals surface area contributed by atoms with Gasteiger partial charge in [0.25, 0.3) is 0 Å². The van der Waals surface area contributed by atoms with Gasteiger partial charge in [0, 0.05) is 25.2 Å². The van der Waals surface area contributed by atoms with Crippen LogP contribution in [0, 0.1) is 0 Å². The summed E-state index contributed by atoms with van der Waals surface area (Å²) < 4.78 is 6.26. The summed E-state index contributed by atoms with van der Waals surface area (Å²) in [5.41, 5.74) is 1.22. The highest BCUT2D eigenvalue weighted by molar-refractivity contribution is 7.15. The number of methoxy groups -OCH3 is 1. The summed E-state index contributed by atoms with van der Waals surface area (Å²) in [5.74, 6) is 0.938. The Balaban J connectivity index is 0.00000176. The van der Waals surface area contributed by atoms with Gasteiger partial charge in [0.15, 0.2) is 0 Å². The van der Waals surface area contributed by atoms with E-state index in [1.54, 1.807) is 24.6 Å². The maximum Gasteiger partial charge on any atom is 0.123 e. The zero-order valence-corrected chi connectivity index (χ0v) is 14.7. The second-order valence-corrected chi connectivity index (χ2v) is 6.74. The van der Waals surface area contributed by atoms with Crippen LogP contribution >= 0.6 is 35.3 Å². The smallest absolute Gasteiger partial charge is 0.123 e. The summed E-state index contributed by atoms with van der Waals surface area (Å²) in [7, 11) is 1.72. The molecule has 7 heteroatoms. The second-order valence-electron chi connectivity index (χ2n) is 4.99. The average molecular weight is 360 g/mol. The number of halogens is 2. The van der Waals surface area contributed by atoms with Gasteiger partial charge in [-0.25, -0.2) is 4.98 Å². The number of thiazole rings is 1. The molecule has 2 aromatic rings. The van der Waals surface area contributed by atoms with Crippen molar-refractivity contribution in [1.29, 1.82) is 0 Å². The summed E-state index contributed by atoms with van der Waals surface area (Å²) in [4.78, 5) is 6.81. The van der Waals surface area contributed by atoms with Crippen molar-refractivity contribution in [2.75, 3.05) is 26.7 Å². The number of hydrogen-bond acceptors (Lipinski definition) is 5. The number of piperazine rings is 1. The summed E-state index contributed by atoms with van der Waals surface area (Å²) in [6.45, 7) is 3.71. The van der Waals surface area contributed by atoms with E-state index >= 15 is 0 Å². The molecule has 1 atom stereocenters. The zero-order chi connectivity index (χ0) is 14.7. The Kier molecular flexibility index (Phi) is 6.47. The van der Waals surface area contributed by atoms with Crippen LogP contribution in [0.4, 0.5) is 0 Å². The molecule has 1 aliphatic rings. The van der Waals surface area contributed by atoms with E-state index in [4.69, 9.17) is 16.3 Å². The summed E-state index contributed by atoms with van der Waals surface area (Å²) in [6.07, 6.45) is 1.72. The number of nitrogens with one attached hydrogen (secondary N) is 1. The monoisotopic (exact) mass is 359 g/mol. The Labute approximate surface area is 145 Å². The molecule has 120 valence electrons. The number of nitrogens with zero attached hydrogens (tertiary/aromatic N) is 2. The van der Waals surface area contributed by atoms with Crippen molar-refractivity contribution in [3.05, 3.63) is 45.4 Å². The van der Waals surface area contributed by atoms with Crippen LogP contribution in [-0.2, 0) is 6.54 Å². The number of aromatic nitrogens is 1. The standard InChI is InChI=1S/C15H18ClN3OS.ClH/c1-20-13-5-3-2-4-11(13)12-8-17-6-7-19(12)10-15-18-9-14(16)21-15;/h2-5,9,12,17H,6-8,10H2,1H3;1H. The average Bonchev–Trinajstić information content (AvgIpc) is 2.93. The van der Waals surface area contributed by atoms with Crippen LogP contribution in [0.3, 0.4) is 0 Å². The predicted molar refractivity (Wildman–Crippen MR) is 93.4 cm³/mol. The SMILES string of the molecule is COc1ccccc1C1CNCCN1Cc1ncc(Cl)s1.Cl. The van der Waals surface area contributed by atoms with E-state index in [0.717, 1.165) is 41.3 Å². The first-order chi connectivity index (χ1) is 10.3. The number of benzene rings is 1. The van der Waals surface area contributed by atoms with Crippen LogP contribution in [0.25, 0.3) is 0 Å². The molecule has 2 heterocycles. The molecule has 1 aliphatic heterocycles. The molecule has 3 rings (SSSR count). The minimum absolute atomic E-state index is 0. The van der Waals surface area contributed by atoms with E-state index in [0.29, 0.717) is 0 Å². The third-order valence-electron chi connectivity index (χ3n) is 3.72. The number of hydrogen-bond donors (Lipinski definition) is 1. The van der Waals surface area contributed by atoms with Crippen molar-refractivity contribution < 1.29 is 4.74 Å².